The molecule has 1 saturated carbocycles. The molecule has 0 radical (unpaired) electrons. The van der Waals surface area contributed by atoms with E-state index in [1.807, 2.05) is 41.1 Å². The molecule has 1 amide bonds. The van der Waals surface area contributed by atoms with Gasteiger partial charge in [-0.15, -0.1) is 23.2 Å². The quantitative estimate of drug-likeness (QED) is 0.733. The number of nitrogens with one attached hydrogen (secondary N) is 1. The van der Waals surface area contributed by atoms with Crippen molar-refractivity contribution in [3.8, 4) is 0 Å². The van der Waals surface area contributed by atoms with E-state index in [0.29, 0.717) is 11.4 Å². The molecule has 1 aromatic heterocycles. The number of hydrogen-bond donors (Lipinski definition) is 1. The summed E-state index contributed by atoms with van der Waals surface area (Å²) in [5, 5.41) is 7.73. The van der Waals surface area contributed by atoms with Crippen LogP contribution in [0, 0.1) is 5.41 Å². The van der Waals surface area contributed by atoms with Crippen molar-refractivity contribution in [3.05, 3.63) is 57.2 Å². The predicted molar refractivity (Wildman–Crippen MR) is 92.9 cm³/mol. The van der Waals surface area contributed by atoms with E-state index >= 15 is 0 Å². The van der Waals surface area contributed by atoms with E-state index in [1.165, 1.54) is 0 Å². The highest BCUT2D eigenvalue weighted by atomic mass is 35.5. The van der Waals surface area contributed by atoms with Gasteiger partial charge in [-0.3, -0.25) is 4.79 Å². The Hall–Kier alpha value is -0.740. The number of carbonyl (C=O) groups is 1. The highest BCUT2D eigenvalue weighted by Gasteiger charge is 2.68. The van der Waals surface area contributed by atoms with Gasteiger partial charge in [-0.25, -0.2) is 0 Å². The van der Waals surface area contributed by atoms with Crippen molar-refractivity contribution >= 4 is 52.0 Å². The maximum absolute atomic E-state index is 12.6. The molecular weight excluding hydrogens is 361 g/mol. The third kappa shape index (κ3) is 2.88. The molecule has 1 heterocycles. The summed E-state index contributed by atoms with van der Waals surface area (Å²) in [6, 6.07) is 9.21. The van der Waals surface area contributed by atoms with Crippen LogP contribution in [-0.4, -0.2) is 10.2 Å². The second-order valence-corrected chi connectivity index (χ2v) is 8.43. The fourth-order valence-electron chi connectivity index (χ4n) is 2.39. The standard InChI is InChI=1S/C16H14Cl3NOS/c1-15(9-16(15,18)19)14(21)20-13(11-6-7-22-8-11)10-2-4-12(17)5-3-10/h2-8,13H,9H2,1H3,(H,20,21). The van der Waals surface area contributed by atoms with Crippen LogP contribution < -0.4 is 5.32 Å². The Morgan fingerprint density at radius 1 is 1.23 bits per heavy atom. The van der Waals surface area contributed by atoms with Crippen LogP contribution >= 0.6 is 46.1 Å². The smallest absolute Gasteiger partial charge is 0.229 e. The third-order valence-corrected chi connectivity index (χ3v) is 6.17. The van der Waals surface area contributed by atoms with Gasteiger partial charge in [0.25, 0.3) is 0 Å². The number of carbonyl (C=O) groups excluding carboxylic acids is 1. The number of hydrogen-bond acceptors (Lipinski definition) is 2. The van der Waals surface area contributed by atoms with Crippen LogP contribution in [0.15, 0.2) is 41.1 Å². The largest absolute Gasteiger partial charge is 0.345 e. The zero-order chi connectivity index (χ0) is 16.0. The molecule has 0 bridgehead atoms. The van der Waals surface area contributed by atoms with E-state index in [1.54, 1.807) is 18.3 Å². The van der Waals surface area contributed by atoms with Crippen molar-refractivity contribution in [1.82, 2.24) is 5.32 Å². The summed E-state index contributed by atoms with van der Waals surface area (Å²) in [5.74, 6) is -0.136. The summed E-state index contributed by atoms with van der Waals surface area (Å²) in [6.07, 6.45) is 0.464. The minimum atomic E-state index is -0.976. The molecule has 1 N–H and O–H groups in total. The second kappa shape index (κ2) is 5.72. The molecule has 2 nitrogen and oxygen atoms in total. The first-order chi connectivity index (χ1) is 10.3. The van der Waals surface area contributed by atoms with E-state index in [9.17, 15) is 4.79 Å². The van der Waals surface area contributed by atoms with Gasteiger partial charge in [0.1, 0.15) is 4.33 Å². The number of alkyl halides is 2. The predicted octanol–water partition coefficient (Wildman–Crippen LogP) is 5.19. The zero-order valence-electron chi connectivity index (χ0n) is 11.8. The van der Waals surface area contributed by atoms with Gasteiger partial charge in [0, 0.05) is 5.02 Å². The maximum Gasteiger partial charge on any atom is 0.229 e. The molecule has 1 fully saturated rings. The number of benzene rings is 1. The minimum absolute atomic E-state index is 0.136. The van der Waals surface area contributed by atoms with Crippen molar-refractivity contribution in [3.63, 3.8) is 0 Å². The Kier molecular flexibility index (Phi) is 4.19. The first kappa shape index (κ1) is 16.1. The van der Waals surface area contributed by atoms with Crippen LogP contribution in [-0.2, 0) is 4.79 Å². The van der Waals surface area contributed by atoms with Gasteiger partial charge in [0.15, 0.2) is 0 Å². The number of halogens is 3. The van der Waals surface area contributed by atoms with Crippen LogP contribution in [0.3, 0.4) is 0 Å². The van der Waals surface area contributed by atoms with E-state index in [0.717, 1.165) is 11.1 Å². The summed E-state index contributed by atoms with van der Waals surface area (Å²) in [6.45, 7) is 1.79. The lowest BCUT2D eigenvalue weighted by Crippen LogP contribution is -2.36. The van der Waals surface area contributed by atoms with Gasteiger partial charge in [0.2, 0.25) is 5.91 Å². The third-order valence-electron chi connectivity index (χ3n) is 4.11. The molecule has 2 aromatic rings. The van der Waals surface area contributed by atoms with Crippen molar-refractivity contribution < 1.29 is 4.79 Å². The lowest BCUT2D eigenvalue weighted by molar-refractivity contribution is -0.126. The molecule has 1 aromatic carbocycles. The average molecular weight is 375 g/mol. The maximum atomic E-state index is 12.6. The first-order valence-electron chi connectivity index (χ1n) is 6.80. The van der Waals surface area contributed by atoms with E-state index < -0.39 is 9.75 Å². The Morgan fingerprint density at radius 2 is 1.86 bits per heavy atom. The number of rotatable bonds is 4. The Bertz CT molecular complexity index is 684. The fourth-order valence-corrected chi connectivity index (χ4v) is 3.91. The molecule has 116 valence electrons. The Balaban J connectivity index is 1.87. The summed E-state index contributed by atoms with van der Waals surface area (Å²) in [7, 11) is 0. The van der Waals surface area contributed by atoms with Crippen LogP contribution in [0.1, 0.15) is 30.5 Å². The SMILES string of the molecule is CC1(C(=O)NC(c2ccc(Cl)cc2)c2ccsc2)CC1(Cl)Cl. The van der Waals surface area contributed by atoms with Gasteiger partial charge < -0.3 is 5.32 Å². The van der Waals surface area contributed by atoms with Crippen molar-refractivity contribution in [2.45, 2.75) is 23.7 Å². The fraction of sp³-hybridized carbons (Fsp3) is 0.312. The van der Waals surface area contributed by atoms with Crippen LogP contribution in [0.2, 0.25) is 5.02 Å². The van der Waals surface area contributed by atoms with E-state index in [-0.39, 0.29) is 11.9 Å². The normalized spacial score (nSPS) is 23.8. The molecule has 1 aliphatic rings. The number of amides is 1. The molecule has 0 spiro atoms. The molecule has 2 atom stereocenters. The lowest BCUT2D eigenvalue weighted by atomic mass is 9.99. The zero-order valence-corrected chi connectivity index (χ0v) is 14.9. The molecule has 0 aliphatic heterocycles. The summed E-state index contributed by atoms with van der Waals surface area (Å²) < 4.78 is -0.976. The summed E-state index contributed by atoms with van der Waals surface area (Å²) >= 11 is 19.7. The molecule has 0 saturated heterocycles. The monoisotopic (exact) mass is 373 g/mol. The van der Waals surface area contributed by atoms with Crippen LogP contribution in [0.4, 0.5) is 0 Å². The van der Waals surface area contributed by atoms with Gasteiger partial charge in [-0.1, -0.05) is 23.7 Å². The van der Waals surface area contributed by atoms with Gasteiger partial charge in [-0.05, 0) is 53.4 Å². The van der Waals surface area contributed by atoms with Crippen molar-refractivity contribution in [2.24, 2.45) is 5.41 Å². The topological polar surface area (TPSA) is 29.1 Å². The Morgan fingerprint density at radius 3 is 2.36 bits per heavy atom. The summed E-state index contributed by atoms with van der Waals surface area (Å²) in [5.41, 5.74) is 1.26. The molecule has 2 unspecified atom stereocenters. The van der Waals surface area contributed by atoms with Gasteiger partial charge in [0.05, 0.1) is 11.5 Å². The molecule has 3 rings (SSSR count). The first-order valence-corrected chi connectivity index (χ1v) is 8.87. The van der Waals surface area contributed by atoms with Crippen molar-refractivity contribution in [1.29, 1.82) is 0 Å². The highest BCUT2D eigenvalue weighted by Crippen LogP contribution is 2.64. The van der Waals surface area contributed by atoms with Crippen LogP contribution in [0.25, 0.3) is 0 Å². The lowest BCUT2D eigenvalue weighted by Gasteiger charge is -2.21. The molecular formula is C16H14Cl3NOS. The minimum Gasteiger partial charge on any atom is -0.345 e. The van der Waals surface area contributed by atoms with Crippen molar-refractivity contribution in [2.75, 3.05) is 0 Å². The highest BCUT2D eigenvalue weighted by molar-refractivity contribution is 7.08. The second-order valence-electron chi connectivity index (χ2n) is 5.73. The van der Waals surface area contributed by atoms with E-state index in [2.05, 4.69) is 5.32 Å². The Labute approximate surface area is 148 Å². The van der Waals surface area contributed by atoms with Gasteiger partial charge >= 0.3 is 0 Å². The van der Waals surface area contributed by atoms with Crippen LogP contribution in [0.5, 0.6) is 0 Å². The number of thiophene rings is 1. The molecule has 1 aliphatic carbocycles. The molecule has 6 heteroatoms. The van der Waals surface area contributed by atoms with E-state index in [4.69, 9.17) is 34.8 Å². The van der Waals surface area contributed by atoms with Gasteiger partial charge in [-0.2, -0.15) is 11.3 Å². The average Bonchev–Trinajstić information content (AvgIpc) is 2.85. The molecule has 22 heavy (non-hydrogen) atoms. The summed E-state index contributed by atoms with van der Waals surface area (Å²) in [4.78, 5) is 12.6.